The first-order chi connectivity index (χ1) is 15.8. The van der Waals surface area contributed by atoms with Gasteiger partial charge in [-0.2, -0.15) is 0 Å². The van der Waals surface area contributed by atoms with Crippen molar-refractivity contribution in [2.24, 2.45) is 7.05 Å². The van der Waals surface area contributed by atoms with E-state index in [9.17, 15) is 9.59 Å². The number of methoxy groups -OCH3 is 1. The molecule has 0 aliphatic heterocycles. The normalized spacial score (nSPS) is 11.7. The van der Waals surface area contributed by atoms with Gasteiger partial charge in [-0.25, -0.2) is 0 Å². The lowest BCUT2D eigenvalue weighted by Gasteiger charge is -2.14. The van der Waals surface area contributed by atoms with Crippen molar-refractivity contribution in [1.29, 1.82) is 0 Å². The Hall–Kier alpha value is -3.04. The Kier molecular flexibility index (Phi) is 8.35. The van der Waals surface area contributed by atoms with Gasteiger partial charge in [0, 0.05) is 17.8 Å². The molecule has 0 saturated carbocycles. The number of hydrogen-bond donors (Lipinski definition) is 2. The second-order valence-corrected chi connectivity index (χ2v) is 8.81. The average Bonchev–Trinajstić information content (AvgIpc) is 3.16. The van der Waals surface area contributed by atoms with Crippen molar-refractivity contribution in [3.8, 4) is 5.75 Å². The molecule has 10 heteroatoms. The van der Waals surface area contributed by atoms with E-state index >= 15 is 0 Å². The van der Waals surface area contributed by atoms with Gasteiger partial charge in [0.2, 0.25) is 11.8 Å². The molecule has 2 aromatic carbocycles. The summed E-state index contributed by atoms with van der Waals surface area (Å²) in [5.74, 6) is 1.22. The van der Waals surface area contributed by atoms with Crippen molar-refractivity contribution in [2.45, 2.75) is 31.5 Å². The van der Waals surface area contributed by atoms with Crippen LogP contribution in [0.5, 0.6) is 5.75 Å². The zero-order valence-electron chi connectivity index (χ0n) is 18.9. The van der Waals surface area contributed by atoms with Gasteiger partial charge in [0.1, 0.15) is 5.75 Å². The van der Waals surface area contributed by atoms with E-state index in [4.69, 9.17) is 16.3 Å². The molecule has 174 valence electrons. The summed E-state index contributed by atoms with van der Waals surface area (Å²) in [6.45, 7) is 3.70. The molecule has 0 fully saturated rings. The SMILES string of the molecule is COc1ccc(CC(=O)NC(C)c2nnc(SCC(=O)Nc3cccc(Cl)c3C)n2C)cc1. The van der Waals surface area contributed by atoms with Gasteiger partial charge in [-0.3, -0.25) is 9.59 Å². The third-order valence-corrected chi connectivity index (χ3v) is 6.46. The lowest BCUT2D eigenvalue weighted by Crippen LogP contribution is -2.29. The predicted molar refractivity (Wildman–Crippen MR) is 130 cm³/mol. The van der Waals surface area contributed by atoms with Crippen LogP contribution in [0.4, 0.5) is 5.69 Å². The molecule has 2 amide bonds. The highest BCUT2D eigenvalue weighted by Crippen LogP contribution is 2.24. The number of nitrogens with zero attached hydrogens (tertiary/aromatic N) is 3. The Morgan fingerprint density at radius 1 is 1.15 bits per heavy atom. The first kappa shape index (κ1) is 24.6. The van der Waals surface area contributed by atoms with E-state index < -0.39 is 0 Å². The van der Waals surface area contributed by atoms with Crippen LogP contribution in [0.25, 0.3) is 0 Å². The lowest BCUT2D eigenvalue weighted by molar-refractivity contribution is -0.121. The van der Waals surface area contributed by atoms with Crippen LogP contribution in [0.15, 0.2) is 47.6 Å². The molecule has 1 atom stereocenters. The zero-order chi connectivity index (χ0) is 24.0. The van der Waals surface area contributed by atoms with Crippen LogP contribution in [0.2, 0.25) is 5.02 Å². The number of aromatic nitrogens is 3. The molecule has 2 N–H and O–H groups in total. The van der Waals surface area contributed by atoms with E-state index in [0.717, 1.165) is 16.9 Å². The van der Waals surface area contributed by atoms with Crippen LogP contribution in [-0.2, 0) is 23.1 Å². The number of rotatable bonds is 9. The minimum absolute atomic E-state index is 0.124. The third-order valence-electron chi connectivity index (χ3n) is 5.03. The van der Waals surface area contributed by atoms with Crippen LogP contribution in [0.3, 0.4) is 0 Å². The molecule has 0 bridgehead atoms. The fraction of sp³-hybridized carbons (Fsp3) is 0.304. The summed E-state index contributed by atoms with van der Waals surface area (Å²) in [6, 6.07) is 12.4. The number of anilines is 1. The Labute approximate surface area is 202 Å². The summed E-state index contributed by atoms with van der Waals surface area (Å²) < 4.78 is 6.91. The summed E-state index contributed by atoms with van der Waals surface area (Å²) in [5, 5.41) is 15.3. The molecular weight excluding hydrogens is 462 g/mol. The second-order valence-electron chi connectivity index (χ2n) is 7.46. The van der Waals surface area contributed by atoms with Crippen molar-refractivity contribution in [2.75, 3.05) is 18.2 Å². The maximum absolute atomic E-state index is 12.4. The summed E-state index contributed by atoms with van der Waals surface area (Å²) in [4.78, 5) is 24.8. The average molecular weight is 488 g/mol. The molecule has 8 nitrogen and oxygen atoms in total. The van der Waals surface area contributed by atoms with Crippen LogP contribution in [0, 0.1) is 6.92 Å². The highest BCUT2D eigenvalue weighted by atomic mass is 35.5. The van der Waals surface area contributed by atoms with Crippen molar-refractivity contribution < 1.29 is 14.3 Å². The van der Waals surface area contributed by atoms with E-state index in [0.29, 0.717) is 21.7 Å². The third kappa shape index (κ3) is 6.49. The summed E-state index contributed by atoms with van der Waals surface area (Å²) in [7, 11) is 3.41. The maximum Gasteiger partial charge on any atom is 0.234 e. The fourth-order valence-electron chi connectivity index (χ4n) is 3.17. The number of thioether (sulfide) groups is 1. The van der Waals surface area contributed by atoms with E-state index in [1.807, 2.05) is 45.2 Å². The van der Waals surface area contributed by atoms with Crippen LogP contribution >= 0.6 is 23.4 Å². The minimum atomic E-state index is -0.342. The van der Waals surface area contributed by atoms with Gasteiger partial charge >= 0.3 is 0 Å². The molecule has 1 aromatic heterocycles. The number of ether oxygens (including phenoxy) is 1. The number of carbonyl (C=O) groups is 2. The standard InChI is InChI=1S/C23H26ClN5O3S/c1-14-18(24)6-5-7-19(14)26-21(31)13-33-23-28-27-22(29(23)3)15(2)25-20(30)12-16-8-10-17(32-4)11-9-16/h5-11,15H,12-13H2,1-4H3,(H,25,30)(H,26,31). The van der Waals surface area contributed by atoms with Crippen LogP contribution < -0.4 is 15.4 Å². The van der Waals surface area contributed by atoms with Crippen molar-refractivity contribution in [3.05, 3.63) is 64.4 Å². The van der Waals surface area contributed by atoms with E-state index in [1.54, 1.807) is 29.9 Å². The molecule has 0 aliphatic rings. The summed E-state index contributed by atoms with van der Waals surface area (Å²) in [5.41, 5.74) is 2.38. The Morgan fingerprint density at radius 3 is 2.58 bits per heavy atom. The highest BCUT2D eigenvalue weighted by Gasteiger charge is 2.19. The van der Waals surface area contributed by atoms with Crippen molar-refractivity contribution in [3.63, 3.8) is 0 Å². The fourth-order valence-corrected chi connectivity index (χ4v) is 4.07. The first-order valence-electron chi connectivity index (χ1n) is 10.3. The maximum atomic E-state index is 12.4. The summed E-state index contributed by atoms with van der Waals surface area (Å²) >= 11 is 7.37. The molecule has 0 radical (unpaired) electrons. The summed E-state index contributed by atoms with van der Waals surface area (Å²) in [6.07, 6.45) is 0.247. The first-order valence-corrected chi connectivity index (χ1v) is 11.6. The molecule has 1 unspecified atom stereocenters. The number of nitrogens with one attached hydrogen (secondary N) is 2. The van der Waals surface area contributed by atoms with E-state index in [1.165, 1.54) is 11.8 Å². The van der Waals surface area contributed by atoms with Crippen molar-refractivity contribution >= 4 is 40.9 Å². The molecule has 3 aromatic rings. The van der Waals surface area contributed by atoms with Gasteiger partial charge < -0.3 is 19.9 Å². The van der Waals surface area contributed by atoms with Crippen molar-refractivity contribution in [1.82, 2.24) is 20.1 Å². The monoisotopic (exact) mass is 487 g/mol. The largest absolute Gasteiger partial charge is 0.497 e. The van der Waals surface area contributed by atoms with Gasteiger partial charge in [0.05, 0.1) is 25.3 Å². The Balaban J connectivity index is 1.54. The number of carbonyl (C=O) groups excluding carboxylic acids is 2. The topological polar surface area (TPSA) is 98.1 Å². The van der Waals surface area contributed by atoms with E-state index in [-0.39, 0.29) is 30.0 Å². The Bertz CT molecular complexity index is 1130. The highest BCUT2D eigenvalue weighted by molar-refractivity contribution is 7.99. The number of halogens is 1. The molecule has 33 heavy (non-hydrogen) atoms. The molecular formula is C23H26ClN5O3S. The number of benzene rings is 2. The molecule has 1 heterocycles. The number of hydrogen-bond acceptors (Lipinski definition) is 6. The quantitative estimate of drug-likeness (QED) is 0.444. The van der Waals surface area contributed by atoms with Gasteiger partial charge in [0.15, 0.2) is 11.0 Å². The predicted octanol–water partition coefficient (Wildman–Crippen LogP) is 3.94. The van der Waals surface area contributed by atoms with Crippen LogP contribution in [-0.4, -0.2) is 39.4 Å². The molecule has 0 spiro atoms. The van der Waals surface area contributed by atoms with Gasteiger partial charge in [-0.1, -0.05) is 41.6 Å². The van der Waals surface area contributed by atoms with E-state index in [2.05, 4.69) is 20.8 Å². The lowest BCUT2D eigenvalue weighted by atomic mass is 10.1. The zero-order valence-corrected chi connectivity index (χ0v) is 20.5. The van der Waals surface area contributed by atoms with Crippen LogP contribution in [0.1, 0.15) is 29.9 Å². The number of amides is 2. The molecule has 0 saturated heterocycles. The molecule has 0 aliphatic carbocycles. The van der Waals surface area contributed by atoms with Gasteiger partial charge in [0.25, 0.3) is 0 Å². The Morgan fingerprint density at radius 2 is 1.88 bits per heavy atom. The molecule has 3 rings (SSSR count). The van der Waals surface area contributed by atoms with Gasteiger partial charge in [-0.15, -0.1) is 10.2 Å². The second kappa shape index (κ2) is 11.2. The van der Waals surface area contributed by atoms with Gasteiger partial charge in [-0.05, 0) is 49.2 Å². The minimum Gasteiger partial charge on any atom is -0.497 e. The smallest absolute Gasteiger partial charge is 0.234 e.